The highest BCUT2D eigenvalue weighted by Crippen LogP contribution is 2.34. The Balaban J connectivity index is 0.00000361. The van der Waals surface area contributed by atoms with Crippen molar-refractivity contribution >= 4 is 29.9 Å². The molecule has 0 saturated carbocycles. The Morgan fingerprint density at radius 2 is 1.78 bits per heavy atom. The molecule has 0 unspecified atom stereocenters. The molecule has 196 valence electrons. The number of benzene rings is 2. The van der Waals surface area contributed by atoms with E-state index in [0.29, 0.717) is 30.6 Å². The molecule has 0 aromatic heterocycles. The van der Waals surface area contributed by atoms with Crippen LogP contribution >= 0.6 is 12.4 Å². The number of hydrogen-bond acceptors (Lipinski definition) is 3. The van der Waals surface area contributed by atoms with Crippen molar-refractivity contribution in [3.05, 3.63) is 64.5 Å². The molecule has 4 rings (SSSR count). The number of nitrogens with one attached hydrogen (secondary N) is 1. The number of amides is 2. The van der Waals surface area contributed by atoms with E-state index in [1.165, 1.54) is 32.0 Å². The molecule has 0 bridgehead atoms. The second kappa shape index (κ2) is 12.7. The van der Waals surface area contributed by atoms with Gasteiger partial charge in [0.25, 0.3) is 5.91 Å². The van der Waals surface area contributed by atoms with Crippen LogP contribution in [0.15, 0.2) is 36.4 Å². The van der Waals surface area contributed by atoms with Gasteiger partial charge in [-0.1, -0.05) is 25.1 Å². The molecule has 2 aromatic carbocycles. The highest BCUT2D eigenvalue weighted by atomic mass is 35.5. The van der Waals surface area contributed by atoms with Crippen LogP contribution in [-0.2, 0) is 11.2 Å². The van der Waals surface area contributed by atoms with E-state index < -0.39 is 0 Å². The van der Waals surface area contributed by atoms with Gasteiger partial charge in [-0.2, -0.15) is 0 Å². The van der Waals surface area contributed by atoms with Crippen LogP contribution in [0.5, 0.6) is 0 Å². The topological polar surface area (TPSA) is 52.7 Å². The summed E-state index contributed by atoms with van der Waals surface area (Å²) in [6, 6.07) is 10.7. The molecule has 36 heavy (non-hydrogen) atoms. The summed E-state index contributed by atoms with van der Waals surface area (Å²) in [7, 11) is 0. The number of carbonyl (C=O) groups excluding carboxylic acids is 2. The maximum Gasteiger partial charge on any atom is 0.251 e. The van der Waals surface area contributed by atoms with Gasteiger partial charge in [-0.15, -0.1) is 12.4 Å². The van der Waals surface area contributed by atoms with Crippen LogP contribution in [0.2, 0.25) is 0 Å². The number of hydrogen-bond donors (Lipinski definition) is 1. The first-order chi connectivity index (χ1) is 16.8. The fourth-order valence-corrected chi connectivity index (χ4v) is 5.74. The van der Waals surface area contributed by atoms with Gasteiger partial charge in [0.05, 0.1) is 0 Å². The Morgan fingerprint density at radius 3 is 2.44 bits per heavy atom. The number of rotatable bonds is 8. The minimum Gasteiger partial charge on any atom is -0.352 e. The zero-order valence-electron chi connectivity index (χ0n) is 21.7. The smallest absolute Gasteiger partial charge is 0.251 e. The molecule has 2 saturated heterocycles. The highest BCUT2D eigenvalue weighted by molar-refractivity contribution is 5.99. The van der Waals surface area contributed by atoms with Crippen LogP contribution in [0.4, 0.5) is 10.1 Å². The summed E-state index contributed by atoms with van der Waals surface area (Å²) in [4.78, 5) is 30.3. The first kappa shape index (κ1) is 28.1. The Morgan fingerprint density at radius 1 is 1.11 bits per heavy atom. The van der Waals surface area contributed by atoms with Crippen LogP contribution in [0, 0.1) is 31.5 Å². The second-order valence-electron chi connectivity index (χ2n) is 10.4. The molecule has 0 radical (unpaired) electrons. The van der Waals surface area contributed by atoms with Crippen molar-refractivity contribution in [3.8, 4) is 0 Å². The van der Waals surface area contributed by atoms with Crippen molar-refractivity contribution in [2.24, 2.45) is 11.8 Å². The van der Waals surface area contributed by atoms with Crippen LogP contribution in [0.25, 0.3) is 0 Å². The molecule has 2 fully saturated rings. The summed E-state index contributed by atoms with van der Waals surface area (Å²) < 4.78 is 14.3. The lowest BCUT2D eigenvalue weighted by atomic mass is 9.84. The van der Waals surface area contributed by atoms with Crippen LogP contribution in [-0.4, -0.2) is 49.4 Å². The first-order valence-corrected chi connectivity index (χ1v) is 13.0. The van der Waals surface area contributed by atoms with Crippen LogP contribution in [0.1, 0.15) is 59.7 Å². The average Bonchev–Trinajstić information content (AvgIpc) is 3.34. The van der Waals surface area contributed by atoms with E-state index in [-0.39, 0.29) is 41.9 Å². The van der Waals surface area contributed by atoms with Crippen molar-refractivity contribution in [3.63, 3.8) is 0 Å². The Hall–Kier alpha value is -2.44. The molecule has 1 N–H and O–H groups in total. The molecule has 0 spiro atoms. The molecule has 0 aliphatic carbocycles. The molecule has 2 aromatic rings. The summed E-state index contributed by atoms with van der Waals surface area (Å²) in [6.45, 7) is 10.5. The van der Waals surface area contributed by atoms with Crippen molar-refractivity contribution in [1.82, 2.24) is 10.2 Å². The van der Waals surface area contributed by atoms with Crippen molar-refractivity contribution < 1.29 is 14.0 Å². The summed E-state index contributed by atoms with van der Waals surface area (Å²) in [5.41, 5.74) is 4.04. The minimum atomic E-state index is -0.188. The molecule has 7 heteroatoms. The number of anilines is 1. The van der Waals surface area contributed by atoms with Gasteiger partial charge in [0, 0.05) is 30.3 Å². The van der Waals surface area contributed by atoms with Gasteiger partial charge >= 0.3 is 0 Å². The van der Waals surface area contributed by atoms with E-state index in [4.69, 9.17) is 0 Å². The van der Waals surface area contributed by atoms with Crippen molar-refractivity contribution in [1.29, 1.82) is 0 Å². The Labute approximate surface area is 220 Å². The zero-order chi connectivity index (χ0) is 24.9. The lowest BCUT2D eigenvalue weighted by molar-refractivity contribution is -0.124. The maximum atomic E-state index is 14.3. The molecule has 2 aliphatic heterocycles. The van der Waals surface area contributed by atoms with E-state index in [2.05, 4.69) is 10.2 Å². The van der Waals surface area contributed by atoms with Gasteiger partial charge in [-0.25, -0.2) is 4.39 Å². The molecule has 2 aliphatic rings. The fraction of sp³-hybridized carbons (Fsp3) is 0.517. The highest BCUT2D eigenvalue weighted by Gasteiger charge is 2.34. The van der Waals surface area contributed by atoms with Gasteiger partial charge in [-0.05, 0) is 106 Å². The predicted octanol–water partition coefficient (Wildman–Crippen LogP) is 5.31. The monoisotopic (exact) mass is 515 g/mol. The molecule has 2 heterocycles. The number of piperidine rings is 1. The predicted molar refractivity (Wildman–Crippen MR) is 146 cm³/mol. The lowest BCUT2D eigenvalue weighted by Gasteiger charge is -2.38. The summed E-state index contributed by atoms with van der Waals surface area (Å²) in [6.07, 6.45) is 4.86. The number of likely N-dealkylation sites (tertiary alicyclic amines) is 1. The molecule has 2 atom stereocenters. The van der Waals surface area contributed by atoms with Gasteiger partial charge < -0.3 is 15.1 Å². The maximum absolute atomic E-state index is 14.3. The summed E-state index contributed by atoms with van der Waals surface area (Å²) in [5.74, 6) is -0.110. The van der Waals surface area contributed by atoms with Gasteiger partial charge in [0.15, 0.2) is 0 Å². The van der Waals surface area contributed by atoms with E-state index in [0.717, 1.165) is 36.2 Å². The third-order valence-corrected chi connectivity index (χ3v) is 7.44. The van der Waals surface area contributed by atoms with Gasteiger partial charge in [0.1, 0.15) is 5.82 Å². The summed E-state index contributed by atoms with van der Waals surface area (Å²) >= 11 is 0. The number of halogens is 2. The van der Waals surface area contributed by atoms with E-state index >= 15 is 0 Å². The largest absolute Gasteiger partial charge is 0.352 e. The minimum absolute atomic E-state index is 0. The van der Waals surface area contributed by atoms with E-state index in [1.807, 2.05) is 49.9 Å². The SMILES string of the molecule is Cc1cc(C(=O)NCCCN2CCCC2)cc(C)c1N1C[C@@H](Cc2ccccc2F)C[C@@H](C)C1=O.Cl. The normalized spacial score (nSPS) is 20.3. The standard InChI is InChI=1S/C29H38FN3O2.ClH/c1-20-16-25(28(34)31-11-8-14-32-12-6-7-13-32)17-21(2)27(20)33-19-23(15-22(3)29(33)35)18-24-9-4-5-10-26(24)30;/h4-5,9-10,16-17,22-23H,6-8,11-15,18-19H2,1-3H3,(H,31,34);1H/t22-,23-;/m1./s1. The molecular weight excluding hydrogens is 477 g/mol. The van der Waals surface area contributed by atoms with Crippen LogP contribution < -0.4 is 10.2 Å². The Kier molecular flexibility index (Phi) is 9.92. The quantitative estimate of drug-likeness (QED) is 0.485. The van der Waals surface area contributed by atoms with E-state index in [9.17, 15) is 14.0 Å². The molecular formula is C29H39ClFN3O2. The van der Waals surface area contributed by atoms with Crippen molar-refractivity contribution in [2.75, 3.05) is 37.6 Å². The lowest BCUT2D eigenvalue weighted by Crippen LogP contribution is -2.46. The van der Waals surface area contributed by atoms with Crippen molar-refractivity contribution in [2.45, 2.75) is 52.9 Å². The van der Waals surface area contributed by atoms with Gasteiger partial charge in [0.2, 0.25) is 5.91 Å². The second-order valence-corrected chi connectivity index (χ2v) is 10.4. The number of aryl methyl sites for hydroxylation is 2. The summed E-state index contributed by atoms with van der Waals surface area (Å²) in [5, 5.41) is 3.05. The number of nitrogens with zero attached hydrogens (tertiary/aromatic N) is 2. The van der Waals surface area contributed by atoms with E-state index in [1.54, 1.807) is 6.07 Å². The number of carbonyl (C=O) groups is 2. The van der Waals surface area contributed by atoms with Crippen LogP contribution in [0.3, 0.4) is 0 Å². The van der Waals surface area contributed by atoms with Gasteiger partial charge in [-0.3, -0.25) is 9.59 Å². The fourth-order valence-electron chi connectivity index (χ4n) is 5.74. The third-order valence-electron chi connectivity index (χ3n) is 7.44. The Bertz CT molecular complexity index is 1050. The zero-order valence-corrected chi connectivity index (χ0v) is 22.5. The third kappa shape index (κ3) is 6.65. The molecule has 2 amide bonds. The molecule has 5 nitrogen and oxygen atoms in total. The average molecular weight is 516 g/mol. The first-order valence-electron chi connectivity index (χ1n) is 13.0.